The third kappa shape index (κ3) is 4.08. The maximum atomic E-state index is 11.6. The zero-order valence-electron chi connectivity index (χ0n) is 16.3. The number of amides is 1. The molecule has 2 aromatic heterocycles. The standard InChI is InChI=1S/C22H24N6O/c23-14-16-5-6-20-19(13-16)17(15-26-20)3-2-8-27-9-11-28(12-10-27)22-18(21(24)29)4-1-7-25-22/h1,4-7,13,15,26H,2-3,8-12H2,(H2,24,29). The first-order chi connectivity index (χ1) is 14.2. The van der Waals surface area contributed by atoms with E-state index in [4.69, 9.17) is 11.0 Å². The molecule has 1 fully saturated rings. The number of hydrogen-bond acceptors (Lipinski definition) is 5. The number of H-pyrrole nitrogens is 1. The van der Waals surface area contributed by atoms with Crippen LogP contribution >= 0.6 is 0 Å². The summed E-state index contributed by atoms with van der Waals surface area (Å²) in [5, 5.41) is 10.3. The number of primary amides is 1. The minimum absolute atomic E-state index is 0.436. The molecule has 0 spiro atoms. The number of aromatic nitrogens is 2. The number of pyridine rings is 1. The van der Waals surface area contributed by atoms with Crippen molar-refractivity contribution in [2.24, 2.45) is 5.73 Å². The Morgan fingerprint density at radius 2 is 2.07 bits per heavy atom. The van der Waals surface area contributed by atoms with Crippen LogP contribution in [0.5, 0.6) is 0 Å². The van der Waals surface area contributed by atoms with Gasteiger partial charge in [-0.25, -0.2) is 4.98 Å². The first kappa shape index (κ1) is 19.0. The van der Waals surface area contributed by atoms with Crippen molar-refractivity contribution >= 4 is 22.6 Å². The van der Waals surface area contributed by atoms with E-state index in [0.29, 0.717) is 16.9 Å². The lowest BCUT2D eigenvalue weighted by molar-refractivity contribution is 0.1000. The van der Waals surface area contributed by atoms with E-state index >= 15 is 0 Å². The van der Waals surface area contributed by atoms with Gasteiger partial charge in [-0.2, -0.15) is 5.26 Å². The molecule has 148 valence electrons. The zero-order valence-corrected chi connectivity index (χ0v) is 16.3. The molecule has 3 N–H and O–H groups in total. The van der Waals surface area contributed by atoms with Crippen molar-refractivity contribution in [1.29, 1.82) is 5.26 Å². The maximum absolute atomic E-state index is 11.6. The Morgan fingerprint density at radius 3 is 2.83 bits per heavy atom. The Balaban J connectivity index is 1.31. The number of nitriles is 1. The number of anilines is 1. The molecule has 7 heteroatoms. The number of aromatic amines is 1. The van der Waals surface area contributed by atoms with E-state index in [1.807, 2.05) is 18.2 Å². The summed E-state index contributed by atoms with van der Waals surface area (Å²) in [6, 6.07) is 11.5. The van der Waals surface area contributed by atoms with Crippen molar-refractivity contribution in [3.05, 3.63) is 59.4 Å². The smallest absolute Gasteiger partial charge is 0.252 e. The molecule has 3 heterocycles. The topological polar surface area (TPSA) is 102 Å². The number of carbonyl (C=O) groups is 1. The number of rotatable bonds is 6. The molecule has 29 heavy (non-hydrogen) atoms. The number of nitrogens with one attached hydrogen (secondary N) is 1. The number of hydrogen-bond donors (Lipinski definition) is 2. The number of benzene rings is 1. The molecule has 0 unspecified atom stereocenters. The fourth-order valence-corrected chi connectivity index (χ4v) is 3.97. The molecule has 1 amide bonds. The minimum atomic E-state index is -0.436. The van der Waals surface area contributed by atoms with Gasteiger partial charge in [-0.3, -0.25) is 9.69 Å². The lowest BCUT2D eigenvalue weighted by atomic mass is 10.1. The molecule has 0 saturated carbocycles. The number of fused-ring (bicyclic) bond motifs is 1. The Morgan fingerprint density at radius 1 is 1.24 bits per heavy atom. The molecule has 4 rings (SSSR count). The number of piperazine rings is 1. The number of carbonyl (C=O) groups excluding carboxylic acids is 1. The van der Waals surface area contributed by atoms with Crippen molar-refractivity contribution < 1.29 is 4.79 Å². The Hall–Kier alpha value is -3.37. The number of nitrogens with two attached hydrogens (primary N) is 1. The average molecular weight is 388 g/mol. The first-order valence-electron chi connectivity index (χ1n) is 9.88. The lowest BCUT2D eigenvalue weighted by Gasteiger charge is -2.36. The van der Waals surface area contributed by atoms with Gasteiger partial charge >= 0.3 is 0 Å². The fraction of sp³-hybridized carbons (Fsp3) is 0.318. The van der Waals surface area contributed by atoms with Crippen molar-refractivity contribution in [2.75, 3.05) is 37.6 Å². The third-order valence-corrected chi connectivity index (χ3v) is 5.54. The summed E-state index contributed by atoms with van der Waals surface area (Å²) in [6.07, 6.45) is 5.78. The average Bonchev–Trinajstić information content (AvgIpc) is 3.16. The van der Waals surface area contributed by atoms with Crippen LogP contribution in [0, 0.1) is 11.3 Å². The predicted molar refractivity (Wildman–Crippen MR) is 113 cm³/mol. The van der Waals surface area contributed by atoms with Gasteiger partial charge in [0.25, 0.3) is 5.91 Å². The van der Waals surface area contributed by atoms with E-state index in [9.17, 15) is 4.79 Å². The fourth-order valence-electron chi connectivity index (χ4n) is 3.97. The van der Waals surface area contributed by atoms with E-state index in [0.717, 1.165) is 56.5 Å². The lowest BCUT2D eigenvalue weighted by Crippen LogP contribution is -2.47. The first-order valence-corrected chi connectivity index (χ1v) is 9.88. The van der Waals surface area contributed by atoms with Gasteiger partial charge in [-0.15, -0.1) is 0 Å². The Bertz CT molecular complexity index is 1060. The molecule has 0 atom stereocenters. The summed E-state index contributed by atoms with van der Waals surface area (Å²) in [7, 11) is 0. The van der Waals surface area contributed by atoms with E-state index in [-0.39, 0.29) is 0 Å². The normalized spacial score (nSPS) is 14.8. The molecule has 1 aliphatic rings. The number of aryl methyl sites for hydroxylation is 1. The predicted octanol–water partition coefficient (Wildman–Crippen LogP) is 2.29. The second kappa shape index (κ2) is 8.33. The van der Waals surface area contributed by atoms with Gasteiger partial charge in [-0.05, 0) is 55.3 Å². The number of nitrogens with zero attached hydrogens (tertiary/aromatic N) is 4. The molecule has 1 saturated heterocycles. The molecule has 3 aromatic rings. The van der Waals surface area contributed by atoms with Crippen LogP contribution in [0.15, 0.2) is 42.7 Å². The van der Waals surface area contributed by atoms with Crippen LogP contribution < -0.4 is 10.6 Å². The molecular formula is C22H24N6O. The van der Waals surface area contributed by atoms with Gasteiger partial charge in [0.15, 0.2) is 0 Å². The van der Waals surface area contributed by atoms with E-state index in [2.05, 4.69) is 32.0 Å². The van der Waals surface area contributed by atoms with Crippen molar-refractivity contribution in [3.63, 3.8) is 0 Å². The van der Waals surface area contributed by atoms with Gasteiger partial charge < -0.3 is 15.6 Å². The highest BCUT2D eigenvalue weighted by atomic mass is 16.1. The maximum Gasteiger partial charge on any atom is 0.252 e. The van der Waals surface area contributed by atoms with Gasteiger partial charge in [0, 0.05) is 49.5 Å². The highest BCUT2D eigenvalue weighted by Gasteiger charge is 2.21. The quantitative estimate of drug-likeness (QED) is 0.674. The van der Waals surface area contributed by atoms with Crippen molar-refractivity contribution in [1.82, 2.24) is 14.9 Å². The van der Waals surface area contributed by atoms with Gasteiger partial charge in [-0.1, -0.05) is 0 Å². The zero-order chi connectivity index (χ0) is 20.2. The van der Waals surface area contributed by atoms with Crippen LogP contribution in [-0.2, 0) is 6.42 Å². The van der Waals surface area contributed by atoms with Crippen LogP contribution in [0.2, 0.25) is 0 Å². The van der Waals surface area contributed by atoms with Crippen molar-refractivity contribution in [3.8, 4) is 6.07 Å². The summed E-state index contributed by atoms with van der Waals surface area (Å²) >= 11 is 0. The van der Waals surface area contributed by atoms with Crippen LogP contribution in [0.25, 0.3) is 10.9 Å². The van der Waals surface area contributed by atoms with Gasteiger partial charge in [0.1, 0.15) is 5.82 Å². The van der Waals surface area contributed by atoms with E-state index < -0.39 is 5.91 Å². The molecule has 1 aromatic carbocycles. The van der Waals surface area contributed by atoms with E-state index in [1.54, 1.807) is 18.3 Å². The van der Waals surface area contributed by atoms with Crippen LogP contribution in [0.1, 0.15) is 27.9 Å². The van der Waals surface area contributed by atoms with Crippen LogP contribution in [0.3, 0.4) is 0 Å². The molecule has 0 bridgehead atoms. The monoisotopic (exact) mass is 388 g/mol. The summed E-state index contributed by atoms with van der Waals surface area (Å²) in [5.41, 5.74) is 9.00. The third-order valence-electron chi connectivity index (χ3n) is 5.54. The Kier molecular flexibility index (Phi) is 5.45. The molecule has 0 radical (unpaired) electrons. The van der Waals surface area contributed by atoms with Gasteiger partial charge in [0.2, 0.25) is 0 Å². The second-order valence-corrected chi connectivity index (χ2v) is 7.36. The highest BCUT2D eigenvalue weighted by molar-refractivity contribution is 5.97. The minimum Gasteiger partial charge on any atom is -0.365 e. The van der Waals surface area contributed by atoms with E-state index in [1.165, 1.54) is 5.56 Å². The SMILES string of the molecule is N#Cc1ccc2[nH]cc(CCCN3CCN(c4ncccc4C(N)=O)CC3)c2c1. The summed E-state index contributed by atoms with van der Waals surface area (Å²) in [5.74, 6) is 0.251. The second-order valence-electron chi connectivity index (χ2n) is 7.36. The summed E-state index contributed by atoms with van der Waals surface area (Å²) in [6.45, 7) is 4.54. The molecule has 1 aliphatic heterocycles. The Labute approximate surface area is 169 Å². The largest absolute Gasteiger partial charge is 0.365 e. The van der Waals surface area contributed by atoms with Crippen LogP contribution in [-0.4, -0.2) is 53.5 Å². The van der Waals surface area contributed by atoms with Gasteiger partial charge in [0.05, 0.1) is 17.2 Å². The molecule has 7 nitrogen and oxygen atoms in total. The summed E-state index contributed by atoms with van der Waals surface area (Å²) < 4.78 is 0. The van der Waals surface area contributed by atoms with Crippen LogP contribution in [0.4, 0.5) is 5.82 Å². The highest BCUT2D eigenvalue weighted by Crippen LogP contribution is 2.22. The molecule has 0 aliphatic carbocycles. The molecular weight excluding hydrogens is 364 g/mol. The summed E-state index contributed by atoms with van der Waals surface area (Å²) in [4.78, 5) is 23.9. The van der Waals surface area contributed by atoms with Crippen molar-refractivity contribution in [2.45, 2.75) is 12.8 Å².